The number of aromatic hydroxyl groups is 1. The summed E-state index contributed by atoms with van der Waals surface area (Å²) in [6.07, 6.45) is 4.76. The van der Waals surface area contributed by atoms with Crippen LogP contribution in [-0.4, -0.2) is 60.5 Å². The van der Waals surface area contributed by atoms with Gasteiger partial charge in [0.25, 0.3) is 0 Å². The fourth-order valence-corrected chi connectivity index (χ4v) is 3.69. The summed E-state index contributed by atoms with van der Waals surface area (Å²) < 4.78 is 0. The number of amides is 3. The van der Waals surface area contributed by atoms with Crippen molar-refractivity contribution in [1.29, 1.82) is 0 Å². The SMILES string of the molecule is CN1CCC(CCCC(=O)N[C@H](CC(N)=O)C(=O)NCCc2ccc(O)cc2)CC1. The number of hydrogen-bond donors (Lipinski definition) is 4. The molecule has 1 fully saturated rings. The lowest BCUT2D eigenvalue weighted by atomic mass is 9.92. The number of phenols is 1. The van der Waals surface area contributed by atoms with Gasteiger partial charge in [0, 0.05) is 13.0 Å². The van der Waals surface area contributed by atoms with Crippen LogP contribution >= 0.6 is 0 Å². The first-order valence-corrected chi connectivity index (χ1v) is 10.7. The maximum Gasteiger partial charge on any atom is 0.243 e. The zero-order valence-electron chi connectivity index (χ0n) is 17.7. The molecule has 3 amide bonds. The van der Waals surface area contributed by atoms with Crippen molar-refractivity contribution in [2.45, 2.75) is 51.0 Å². The second-order valence-electron chi connectivity index (χ2n) is 8.14. The van der Waals surface area contributed by atoms with Crippen LogP contribution < -0.4 is 16.4 Å². The van der Waals surface area contributed by atoms with E-state index in [9.17, 15) is 19.5 Å². The van der Waals surface area contributed by atoms with Crippen molar-refractivity contribution in [3.8, 4) is 5.75 Å². The number of nitrogens with two attached hydrogens (primary N) is 1. The number of primary amides is 1. The Kier molecular flexibility index (Phi) is 9.60. The van der Waals surface area contributed by atoms with Gasteiger partial charge < -0.3 is 26.4 Å². The minimum atomic E-state index is -0.960. The Balaban J connectivity index is 1.73. The number of rotatable bonds is 11. The van der Waals surface area contributed by atoms with E-state index in [-0.39, 0.29) is 18.1 Å². The Morgan fingerprint density at radius 3 is 2.50 bits per heavy atom. The van der Waals surface area contributed by atoms with Crippen LogP contribution in [0.3, 0.4) is 0 Å². The van der Waals surface area contributed by atoms with Crippen LogP contribution in [0.25, 0.3) is 0 Å². The predicted octanol–water partition coefficient (Wildman–Crippen LogP) is 0.923. The van der Waals surface area contributed by atoms with Crippen LogP contribution in [0.2, 0.25) is 0 Å². The Morgan fingerprint density at radius 2 is 1.87 bits per heavy atom. The van der Waals surface area contributed by atoms with Crippen molar-refractivity contribution < 1.29 is 19.5 Å². The second-order valence-corrected chi connectivity index (χ2v) is 8.14. The lowest BCUT2D eigenvalue weighted by Gasteiger charge is -2.28. The fourth-order valence-electron chi connectivity index (χ4n) is 3.69. The standard InChI is InChI=1S/C22H34N4O4/c1-26-13-10-16(11-14-26)3-2-4-21(29)25-19(15-20(23)28)22(30)24-12-9-17-5-7-18(27)8-6-17/h5-8,16,19,27H,2-4,9-15H2,1H3,(H2,23,28)(H,24,30)(H,25,29)/t19-/m1/s1. The minimum Gasteiger partial charge on any atom is -0.508 e. The van der Waals surface area contributed by atoms with Crippen molar-refractivity contribution >= 4 is 17.7 Å². The van der Waals surface area contributed by atoms with E-state index in [1.54, 1.807) is 24.3 Å². The molecule has 0 aliphatic carbocycles. The first-order chi connectivity index (χ1) is 14.3. The number of piperidine rings is 1. The summed E-state index contributed by atoms with van der Waals surface area (Å²) in [6, 6.07) is 5.75. The maximum atomic E-state index is 12.4. The third kappa shape index (κ3) is 8.82. The van der Waals surface area contributed by atoms with Gasteiger partial charge in [-0.15, -0.1) is 0 Å². The topological polar surface area (TPSA) is 125 Å². The molecular weight excluding hydrogens is 384 g/mol. The quantitative estimate of drug-likeness (QED) is 0.425. The van der Waals surface area contributed by atoms with Crippen molar-refractivity contribution in [3.05, 3.63) is 29.8 Å². The van der Waals surface area contributed by atoms with Crippen molar-refractivity contribution in [2.75, 3.05) is 26.7 Å². The highest BCUT2D eigenvalue weighted by Gasteiger charge is 2.23. The first kappa shape index (κ1) is 23.7. The highest BCUT2D eigenvalue weighted by molar-refractivity contribution is 5.91. The molecule has 1 aliphatic rings. The van der Waals surface area contributed by atoms with E-state index in [1.165, 1.54) is 0 Å². The summed E-state index contributed by atoms with van der Waals surface area (Å²) in [5, 5.41) is 14.7. The van der Waals surface area contributed by atoms with E-state index in [0.29, 0.717) is 25.3 Å². The Labute approximate surface area is 178 Å². The van der Waals surface area contributed by atoms with E-state index in [2.05, 4.69) is 22.6 Å². The van der Waals surface area contributed by atoms with Crippen molar-refractivity contribution in [2.24, 2.45) is 11.7 Å². The summed E-state index contributed by atoms with van der Waals surface area (Å²) in [7, 11) is 2.12. The fraction of sp³-hybridized carbons (Fsp3) is 0.591. The summed E-state index contributed by atoms with van der Waals surface area (Å²) in [5.74, 6) is -0.458. The number of benzene rings is 1. The highest BCUT2D eigenvalue weighted by atomic mass is 16.3. The molecule has 1 aromatic carbocycles. The first-order valence-electron chi connectivity index (χ1n) is 10.7. The Morgan fingerprint density at radius 1 is 1.20 bits per heavy atom. The molecular formula is C22H34N4O4. The molecule has 1 atom stereocenters. The van der Waals surface area contributed by atoms with E-state index < -0.39 is 17.9 Å². The van der Waals surface area contributed by atoms with Crippen molar-refractivity contribution in [1.82, 2.24) is 15.5 Å². The normalized spacial score (nSPS) is 16.0. The van der Waals surface area contributed by atoms with Crippen LogP contribution in [0.5, 0.6) is 5.75 Å². The van der Waals surface area contributed by atoms with Gasteiger partial charge in [-0.3, -0.25) is 14.4 Å². The molecule has 1 aromatic rings. The van der Waals surface area contributed by atoms with Crippen LogP contribution in [0.15, 0.2) is 24.3 Å². The Bertz CT molecular complexity index is 700. The van der Waals surface area contributed by atoms with E-state index in [0.717, 1.165) is 44.3 Å². The molecule has 0 saturated carbocycles. The lowest BCUT2D eigenvalue weighted by Crippen LogP contribution is -2.49. The predicted molar refractivity (Wildman–Crippen MR) is 115 cm³/mol. The van der Waals surface area contributed by atoms with Gasteiger partial charge in [0.1, 0.15) is 11.8 Å². The maximum absolute atomic E-state index is 12.4. The lowest BCUT2D eigenvalue weighted by molar-refractivity contribution is -0.131. The molecule has 1 heterocycles. The summed E-state index contributed by atoms with van der Waals surface area (Å²) >= 11 is 0. The van der Waals surface area contributed by atoms with Gasteiger partial charge in [-0.25, -0.2) is 0 Å². The van der Waals surface area contributed by atoms with Gasteiger partial charge in [0.15, 0.2) is 0 Å². The van der Waals surface area contributed by atoms with Crippen LogP contribution in [0.1, 0.15) is 44.1 Å². The molecule has 0 bridgehead atoms. The molecule has 30 heavy (non-hydrogen) atoms. The third-order valence-corrected chi connectivity index (χ3v) is 5.56. The largest absolute Gasteiger partial charge is 0.508 e. The average molecular weight is 419 g/mol. The van der Waals surface area contributed by atoms with Gasteiger partial charge >= 0.3 is 0 Å². The van der Waals surface area contributed by atoms with E-state index in [4.69, 9.17) is 5.73 Å². The zero-order chi connectivity index (χ0) is 21.9. The minimum absolute atomic E-state index is 0.183. The number of likely N-dealkylation sites (tertiary alicyclic amines) is 1. The highest BCUT2D eigenvalue weighted by Crippen LogP contribution is 2.21. The molecule has 166 valence electrons. The van der Waals surface area contributed by atoms with Crippen LogP contribution in [0.4, 0.5) is 0 Å². The third-order valence-electron chi connectivity index (χ3n) is 5.56. The molecule has 5 N–H and O–H groups in total. The summed E-state index contributed by atoms with van der Waals surface area (Å²) in [5.41, 5.74) is 6.21. The molecule has 1 aliphatic heterocycles. The number of nitrogens with one attached hydrogen (secondary N) is 2. The monoisotopic (exact) mass is 418 g/mol. The number of carbonyl (C=O) groups excluding carboxylic acids is 3. The van der Waals surface area contributed by atoms with E-state index >= 15 is 0 Å². The van der Waals surface area contributed by atoms with Crippen molar-refractivity contribution in [3.63, 3.8) is 0 Å². The molecule has 8 heteroatoms. The van der Waals surface area contributed by atoms with Gasteiger partial charge in [-0.05, 0) is 75.9 Å². The van der Waals surface area contributed by atoms with Gasteiger partial charge in [0.2, 0.25) is 17.7 Å². The van der Waals surface area contributed by atoms with E-state index in [1.807, 2.05) is 0 Å². The van der Waals surface area contributed by atoms with Gasteiger partial charge in [0.05, 0.1) is 6.42 Å². The molecule has 0 aromatic heterocycles. The summed E-state index contributed by atoms with van der Waals surface area (Å²) in [4.78, 5) is 38.4. The van der Waals surface area contributed by atoms with Crippen LogP contribution in [0, 0.1) is 5.92 Å². The molecule has 0 radical (unpaired) electrons. The molecule has 0 spiro atoms. The second kappa shape index (κ2) is 12.2. The van der Waals surface area contributed by atoms with Gasteiger partial charge in [-0.2, -0.15) is 0 Å². The Hall–Kier alpha value is -2.61. The van der Waals surface area contributed by atoms with Gasteiger partial charge in [-0.1, -0.05) is 12.1 Å². The number of phenolic OH excluding ortho intramolecular Hbond substituents is 1. The number of carbonyl (C=O) groups is 3. The molecule has 8 nitrogen and oxygen atoms in total. The number of hydrogen-bond acceptors (Lipinski definition) is 5. The summed E-state index contributed by atoms with van der Waals surface area (Å²) in [6.45, 7) is 2.55. The smallest absolute Gasteiger partial charge is 0.243 e. The average Bonchev–Trinajstić information content (AvgIpc) is 2.70. The van der Waals surface area contributed by atoms with Crippen LogP contribution in [-0.2, 0) is 20.8 Å². The zero-order valence-corrected chi connectivity index (χ0v) is 17.7. The number of nitrogens with zero attached hydrogens (tertiary/aromatic N) is 1. The molecule has 0 unspecified atom stereocenters. The molecule has 1 saturated heterocycles. The molecule has 2 rings (SSSR count).